The topological polar surface area (TPSA) is 28.4 Å². The highest BCUT2D eigenvalue weighted by Crippen LogP contribution is 2.28. The summed E-state index contributed by atoms with van der Waals surface area (Å²) in [7, 11) is 0. The summed E-state index contributed by atoms with van der Waals surface area (Å²) in [5, 5.41) is 3.83. The molecule has 2 fully saturated rings. The Balaban J connectivity index is 1.53. The van der Waals surface area contributed by atoms with Crippen LogP contribution < -0.4 is 5.32 Å². The van der Waals surface area contributed by atoms with Crippen LogP contribution in [0, 0.1) is 5.92 Å². The predicted molar refractivity (Wildman–Crippen MR) is 86.3 cm³/mol. The summed E-state index contributed by atoms with van der Waals surface area (Å²) in [4.78, 5) is 2.59. The summed E-state index contributed by atoms with van der Waals surface area (Å²) >= 11 is 0. The zero-order valence-corrected chi connectivity index (χ0v) is 13.4. The van der Waals surface area contributed by atoms with Gasteiger partial charge in [-0.1, -0.05) is 13.3 Å². The molecule has 0 spiro atoms. The highest BCUT2D eigenvalue weighted by Gasteiger charge is 2.27. The van der Waals surface area contributed by atoms with Gasteiger partial charge in [-0.15, -0.1) is 0 Å². The Labute approximate surface area is 129 Å². The molecule has 118 valence electrons. The van der Waals surface area contributed by atoms with Crippen LogP contribution >= 0.6 is 0 Å². The molecular formula is C18H30N2O. The van der Waals surface area contributed by atoms with Crippen LogP contribution in [0.5, 0.6) is 0 Å². The van der Waals surface area contributed by atoms with Crippen LogP contribution in [0.1, 0.15) is 63.7 Å². The summed E-state index contributed by atoms with van der Waals surface area (Å²) < 4.78 is 5.70. The lowest BCUT2D eigenvalue weighted by Gasteiger charge is -2.32. The van der Waals surface area contributed by atoms with Crippen LogP contribution in [0.2, 0.25) is 0 Å². The van der Waals surface area contributed by atoms with Crippen molar-refractivity contribution < 1.29 is 4.42 Å². The van der Waals surface area contributed by atoms with E-state index < -0.39 is 0 Å². The van der Waals surface area contributed by atoms with E-state index in [1.807, 2.05) is 12.3 Å². The van der Waals surface area contributed by atoms with E-state index in [1.54, 1.807) is 0 Å². The minimum atomic E-state index is 0.423. The molecule has 2 heterocycles. The number of likely N-dealkylation sites (tertiary alicyclic amines) is 1. The summed E-state index contributed by atoms with van der Waals surface area (Å²) in [5.74, 6) is 2.11. The van der Waals surface area contributed by atoms with Gasteiger partial charge >= 0.3 is 0 Å². The molecule has 1 atom stereocenters. The van der Waals surface area contributed by atoms with Gasteiger partial charge in [-0.05, 0) is 69.7 Å². The second kappa shape index (κ2) is 7.46. The van der Waals surface area contributed by atoms with Gasteiger partial charge in [0.05, 0.1) is 12.3 Å². The van der Waals surface area contributed by atoms with Crippen LogP contribution in [0.3, 0.4) is 0 Å². The fourth-order valence-corrected chi connectivity index (χ4v) is 4.00. The largest absolute Gasteiger partial charge is 0.468 e. The molecule has 3 nitrogen and oxygen atoms in total. The molecular weight excluding hydrogens is 260 g/mol. The van der Waals surface area contributed by atoms with Gasteiger partial charge in [-0.2, -0.15) is 0 Å². The number of furan rings is 1. The standard InChI is InChI=1S/C18H30N2O/c1-2-15-7-9-16(10-8-15)19-14-17(18-6-5-13-21-18)20-11-3-4-12-20/h5-6,13,15-17,19H,2-4,7-12,14H2,1H3. The van der Waals surface area contributed by atoms with Crippen LogP contribution in [0.15, 0.2) is 22.8 Å². The van der Waals surface area contributed by atoms with Crippen molar-refractivity contribution in [1.29, 1.82) is 0 Å². The lowest BCUT2D eigenvalue weighted by molar-refractivity contribution is 0.194. The third kappa shape index (κ3) is 3.89. The molecule has 0 bridgehead atoms. The molecule has 1 saturated heterocycles. The molecule has 1 aromatic rings. The molecule has 0 amide bonds. The molecule has 1 aromatic heterocycles. The Kier molecular flexibility index (Phi) is 5.37. The normalized spacial score (nSPS) is 28.8. The molecule has 3 heteroatoms. The molecule has 2 aliphatic rings. The fraction of sp³-hybridized carbons (Fsp3) is 0.778. The second-order valence-corrected chi connectivity index (χ2v) is 6.81. The van der Waals surface area contributed by atoms with Crippen molar-refractivity contribution in [2.75, 3.05) is 19.6 Å². The first-order valence-corrected chi connectivity index (χ1v) is 8.87. The summed E-state index contributed by atoms with van der Waals surface area (Å²) in [6.07, 6.45) is 11.3. The average Bonchev–Trinajstić information content (AvgIpc) is 3.22. The van der Waals surface area contributed by atoms with Crippen molar-refractivity contribution in [2.45, 2.75) is 64.0 Å². The van der Waals surface area contributed by atoms with Gasteiger partial charge in [-0.3, -0.25) is 4.90 Å². The first kappa shape index (κ1) is 15.1. The van der Waals surface area contributed by atoms with Crippen molar-refractivity contribution in [3.8, 4) is 0 Å². The molecule has 1 aliphatic heterocycles. The third-order valence-corrected chi connectivity index (χ3v) is 5.48. The maximum Gasteiger partial charge on any atom is 0.122 e. The minimum Gasteiger partial charge on any atom is -0.468 e. The minimum absolute atomic E-state index is 0.423. The summed E-state index contributed by atoms with van der Waals surface area (Å²) in [5.41, 5.74) is 0. The van der Waals surface area contributed by atoms with Crippen molar-refractivity contribution in [3.63, 3.8) is 0 Å². The maximum absolute atomic E-state index is 5.70. The molecule has 1 unspecified atom stereocenters. The van der Waals surface area contributed by atoms with E-state index >= 15 is 0 Å². The van der Waals surface area contributed by atoms with E-state index in [0.717, 1.165) is 18.2 Å². The van der Waals surface area contributed by atoms with Crippen LogP contribution in [-0.4, -0.2) is 30.6 Å². The van der Waals surface area contributed by atoms with E-state index in [-0.39, 0.29) is 0 Å². The first-order chi connectivity index (χ1) is 10.4. The van der Waals surface area contributed by atoms with Crippen molar-refractivity contribution in [2.24, 2.45) is 5.92 Å². The van der Waals surface area contributed by atoms with E-state index in [0.29, 0.717) is 12.1 Å². The monoisotopic (exact) mass is 290 g/mol. The van der Waals surface area contributed by atoms with Gasteiger partial charge in [0.2, 0.25) is 0 Å². The number of hydrogen-bond donors (Lipinski definition) is 1. The quantitative estimate of drug-likeness (QED) is 0.859. The van der Waals surface area contributed by atoms with Gasteiger partial charge < -0.3 is 9.73 Å². The van der Waals surface area contributed by atoms with Gasteiger partial charge in [-0.25, -0.2) is 0 Å². The molecule has 3 rings (SSSR count). The summed E-state index contributed by atoms with van der Waals surface area (Å²) in [6, 6.07) is 5.29. The van der Waals surface area contributed by atoms with Crippen molar-refractivity contribution in [3.05, 3.63) is 24.2 Å². The van der Waals surface area contributed by atoms with Gasteiger partial charge in [0.25, 0.3) is 0 Å². The number of nitrogens with zero attached hydrogens (tertiary/aromatic N) is 1. The molecule has 1 saturated carbocycles. The number of hydrogen-bond acceptors (Lipinski definition) is 3. The highest BCUT2D eigenvalue weighted by molar-refractivity contribution is 5.06. The second-order valence-electron chi connectivity index (χ2n) is 6.81. The molecule has 21 heavy (non-hydrogen) atoms. The van der Waals surface area contributed by atoms with Crippen LogP contribution in [0.25, 0.3) is 0 Å². The third-order valence-electron chi connectivity index (χ3n) is 5.48. The maximum atomic E-state index is 5.70. The first-order valence-electron chi connectivity index (χ1n) is 8.87. The Morgan fingerprint density at radius 2 is 2.00 bits per heavy atom. The zero-order valence-electron chi connectivity index (χ0n) is 13.4. The van der Waals surface area contributed by atoms with E-state index in [2.05, 4.69) is 23.2 Å². The molecule has 1 N–H and O–H groups in total. The highest BCUT2D eigenvalue weighted by atomic mass is 16.3. The molecule has 0 radical (unpaired) electrons. The predicted octanol–water partition coefficient (Wildman–Crippen LogP) is 3.97. The number of rotatable bonds is 6. The number of nitrogens with one attached hydrogen (secondary N) is 1. The van der Waals surface area contributed by atoms with E-state index in [4.69, 9.17) is 4.42 Å². The van der Waals surface area contributed by atoms with Gasteiger partial charge in [0.1, 0.15) is 5.76 Å². The van der Waals surface area contributed by atoms with Gasteiger partial charge in [0.15, 0.2) is 0 Å². The Hall–Kier alpha value is -0.800. The molecule has 1 aliphatic carbocycles. The van der Waals surface area contributed by atoms with Crippen molar-refractivity contribution >= 4 is 0 Å². The lowest BCUT2D eigenvalue weighted by atomic mass is 9.84. The van der Waals surface area contributed by atoms with E-state index in [1.165, 1.54) is 58.0 Å². The zero-order chi connectivity index (χ0) is 14.5. The van der Waals surface area contributed by atoms with Crippen LogP contribution in [-0.2, 0) is 0 Å². The SMILES string of the molecule is CCC1CCC(NCC(c2ccco2)N2CCCC2)CC1. The summed E-state index contributed by atoms with van der Waals surface area (Å²) in [6.45, 7) is 5.80. The van der Waals surface area contributed by atoms with Gasteiger partial charge in [0, 0.05) is 12.6 Å². The molecule has 0 aromatic carbocycles. The smallest absolute Gasteiger partial charge is 0.122 e. The fourth-order valence-electron chi connectivity index (χ4n) is 4.00. The lowest BCUT2D eigenvalue weighted by Crippen LogP contribution is -2.40. The average molecular weight is 290 g/mol. The Morgan fingerprint density at radius 1 is 1.24 bits per heavy atom. The Bertz CT molecular complexity index is 389. The van der Waals surface area contributed by atoms with Crippen LogP contribution in [0.4, 0.5) is 0 Å². The van der Waals surface area contributed by atoms with E-state index in [9.17, 15) is 0 Å². The van der Waals surface area contributed by atoms with Crippen molar-refractivity contribution in [1.82, 2.24) is 10.2 Å². The Morgan fingerprint density at radius 3 is 2.62 bits per heavy atom.